The number of aromatic nitrogens is 1. The van der Waals surface area contributed by atoms with Crippen molar-refractivity contribution >= 4 is 41.3 Å². The van der Waals surface area contributed by atoms with E-state index in [9.17, 15) is 0 Å². The Hall–Kier alpha value is -0.0700. The number of ether oxygens (including phenoxy) is 1. The van der Waals surface area contributed by atoms with Gasteiger partial charge in [-0.2, -0.15) is 0 Å². The Kier molecular flexibility index (Phi) is 5.67. The van der Waals surface area contributed by atoms with E-state index in [1.54, 1.807) is 11.3 Å². The number of anilines is 1. The van der Waals surface area contributed by atoms with Gasteiger partial charge >= 0.3 is 0 Å². The van der Waals surface area contributed by atoms with Crippen molar-refractivity contribution in [2.24, 2.45) is 0 Å². The Morgan fingerprint density at radius 2 is 2.11 bits per heavy atom. The highest BCUT2D eigenvalue weighted by Gasteiger charge is 2.36. The van der Waals surface area contributed by atoms with Gasteiger partial charge in [0.1, 0.15) is 0 Å². The maximum absolute atomic E-state index is 5.76. The largest absolute Gasteiger partial charge is 0.373 e. The quantitative estimate of drug-likeness (QED) is 0.858. The second kappa shape index (κ2) is 6.39. The van der Waals surface area contributed by atoms with Gasteiger partial charge in [0.05, 0.1) is 24.4 Å². The summed E-state index contributed by atoms with van der Waals surface area (Å²) in [7, 11) is 0. The molecule has 3 heterocycles. The molecule has 7 heteroatoms. The van der Waals surface area contributed by atoms with Crippen molar-refractivity contribution in [2.75, 3.05) is 31.1 Å². The normalized spacial score (nSPS) is 26.2. The van der Waals surface area contributed by atoms with Gasteiger partial charge in [-0.1, -0.05) is 0 Å². The van der Waals surface area contributed by atoms with Crippen LogP contribution in [0.5, 0.6) is 0 Å². The van der Waals surface area contributed by atoms with Gasteiger partial charge in [0.25, 0.3) is 0 Å². The van der Waals surface area contributed by atoms with Gasteiger partial charge in [-0.25, -0.2) is 4.98 Å². The van der Waals surface area contributed by atoms with Crippen molar-refractivity contribution in [3.63, 3.8) is 0 Å². The van der Waals surface area contributed by atoms with Gasteiger partial charge in [-0.15, -0.1) is 36.2 Å². The third-order valence-corrected chi connectivity index (χ3v) is 4.53. The zero-order valence-corrected chi connectivity index (χ0v) is 13.0. The van der Waals surface area contributed by atoms with Crippen molar-refractivity contribution in [1.29, 1.82) is 0 Å². The molecule has 2 aliphatic heterocycles. The van der Waals surface area contributed by atoms with Gasteiger partial charge < -0.3 is 15.0 Å². The zero-order chi connectivity index (χ0) is 11.1. The number of aryl methyl sites for hydroxylation is 2. The Labute approximate surface area is 124 Å². The topological polar surface area (TPSA) is 37.4 Å². The highest BCUT2D eigenvalue weighted by Crippen LogP contribution is 2.29. The van der Waals surface area contributed by atoms with Crippen LogP contribution >= 0.6 is 36.2 Å². The summed E-state index contributed by atoms with van der Waals surface area (Å²) < 4.78 is 5.76. The lowest BCUT2D eigenvalue weighted by Gasteiger charge is -2.25. The van der Waals surface area contributed by atoms with E-state index in [0.717, 1.165) is 37.1 Å². The number of thiazole rings is 1. The van der Waals surface area contributed by atoms with Crippen LogP contribution in [0.2, 0.25) is 0 Å². The fourth-order valence-electron chi connectivity index (χ4n) is 2.34. The van der Waals surface area contributed by atoms with Gasteiger partial charge in [-0.3, -0.25) is 0 Å². The number of fused-ring (bicyclic) bond motifs is 1. The van der Waals surface area contributed by atoms with E-state index in [4.69, 9.17) is 4.74 Å². The summed E-state index contributed by atoms with van der Waals surface area (Å²) in [5, 5.41) is 4.66. The monoisotopic (exact) mass is 311 g/mol. The number of rotatable bonds is 1. The average molecular weight is 312 g/mol. The maximum atomic E-state index is 5.76. The van der Waals surface area contributed by atoms with Gasteiger partial charge in [0, 0.05) is 24.5 Å². The van der Waals surface area contributed by atoms with Crippen LogP contribution in [0.4, 0.5) is 5.13 Å². The Balaban J connectivity index is 0.000000810. The van der Waals surface area contributed by atoms with E-state index in [1.807, 2.05) is 0 Å². The Morgan fingerprint density at radius 1 is 1.33 bits per heavy atom. The molecule has 0 saturated carbocycles. The summed E-state index contributed by atoms with van der Waals surface area (Å²) in [6, 6.07) is 0.485. The van der Waals surface area contributed by atoms with Crippen LogP contribution < -0.4 is 10.2 Å². The molecule has 2 atom stereocenters. The number of nitrogens with zero attached hydrogens (tertiary/aromatic N) is 2. The zero-order valence-electron chi connectivity index (χ0n) is 10.5. The van der Waals surface area contributed by atoms with Crippen LogP contribution in [-0.4, -0.2) is 43.4 Å². The summed E-state index contributed by atoms with van der Waals surface area (Å²) in [4.78, 5) is 8.28. The van der Waals surface area contributed by atoms with Crippen LogP contribution in [0.15, 0.2) is 0 Å². The van der Waals surface area contributed by atoms with Crippen molar-refractivity contribution in [1.82, 2.24) is 10.3 Å². The Bertz CT molecular complexity index is 368. The van der Waals surface area contributed by atoms with Crippen LogP contribution in [0.1, 0.15) is 10.6 Å². The smallest absolute Gasteiger partial charge is 0.185 e. The maximum Gasteiger partial charge on any atom is 0.185 e. The van der Waals surface area contributed by atoms with E-state index in [2.05, 4.69) is 29.0 Å². The van der Waals surface area contributed by atoms with Crippen LogP contribution in [0.25, 0.3) is 0 Å². The molecular weight excluding hydrogens is 293 g/mol. The lowest BCUT2D eigenvalue weighted by molar-refractivity contribution is 0.0212. The standard InChI is InChI=1S/C11H17N3OS.2ClH/c1-7-8(2)16-11(13-7)14-5-9-10(6-14)15-4-3-12-9;;/h9-10,12H,3-6H2,1-2H3;2*1H/t9-,10-;;/m0../s1. The molecule has 1 N–H and O–H groups in total. The first-order chi connectivity index (χ1) is 7.74. The molecule has 4 nitrogen and oxygen atoms in total. The van der Waals surface area contributed by atoms with Crippen molar-refractivity contribution in [3.8, 4) is 0 Å². The molecule has 2 saturated heterocycles. The fourth-order valence-corrected chi connectivity index (χ4v) is 3.27. The fraction of sp³-hybridized carbons (Fsp3) is 0.727. The summed E-state index contributed by atoms with van der Waals surface area (Å²) in [6.45, 7) is 8.03. The van der Waals surface area contributed by atoms with Gasteiger partial charge in [0.2, 0.25) is 0 Å². The molecule has 0 radical (unpaired) electrons. The van der Waals surface area contributed by atoms with Crippen molar-refractivity contribution < 1.29 is 4.74 Å². The third kappa shape index (κ3) is 2.91. The minimum atomic E-state index is 0. The second-order valence-corrected chi connectivity index (χ2v) is 5.69. The minimum absolute atomic E-state index is 0. The molecular formula is C11H19Cl2N3OS. The predicted molar refractivity (Wildman–Crippen MR) is 79.8 cm³/mol. The lowest BCUT2D eigenvalue weighted by atomic mass is 10.2. The summed E-state index contributed by atoms with van der Waals surface area (Å²) in [6.07, 6.45) is 0.346. The van der Waals surface area contributed by atoms with E-state index < -0.39 is 0 Å². The number of hydrogen-bond donors (Lipinski definition) is 1. The molecule has 0 spiro atoms. The highest BCUT2D eigenvalue weighted by molar-refractivity contribution is 7.15. The Morgan fingerprint density at radius 3 is 2.72 bits per heavy atom. The number of hydrogen-bond acceptors (Lipinski definition) is 5. The molecule has 1 aromatic rings. The highest BCUT2D eigenvalue weighted by atomic mass is 35.5. The minimum Gasteiger partial charge on any atom is -0.373 e. The van der Waals surface area contributed by atoms with Crippen molar-refractivity contribution in [2.45, 2.75) is 26.0 Å². The molecule has 0 aromatic carbocycles. The van der Waals surface area contributed by atoms with E-state index in [1.165, 1.54) is 4.88 Å². The molecule has 3 rings (SSSR count). The molecule has 2 fully saturated rings. The van der Waals surface area contributed by atoms with Crippen molar-refractivity contribution in [3.05, 3.63) is 10.6 Å². The molecule has 0 unspecified atom stereocenters. The molecule has 104 valence electrons. The molecule has 2 aliphatic rings. The molecule has 0 amide bonds. The SMILES string of the molecule is Cc1nc(N2C[C@@H]3NCCO[C@H]3C2)sc1C.Cl.Cl. The van der Waals surface area contributed by atoms with Crippen LogP contribution in [0, 0.1) is 13.8 Å². The molecule has 0 bridgehead atoms. The first-order valence-corrected chi connectivity index (χ1v) is 6.59. The number of nitrogens with one attached hydrogen (secondary N) is 1. The van der Waals surface area contributed by atoms with Crippen LogP contribution in [0.3, 0.4) is 0 Å². The third-order valence-electron chi connectivity index (χ3n) is 3.39. The van der Waals surface area contributed by atoms with Gasteiger partial charge in [-0.05, 0) is 13.8 Å². The first kappa shape index (κ1) is 16.0. The number of halogens is 2. The van der Waals surface area contributed by atoms with Gasteiger partial charge in [0.15, 0.2) is 5.13 Å². The van der Waals surface area contributed by atoms with Crippen LogP contribution in [-0.2, 0) is 4.74 Å². The molecule has 1 aromatic heterocycles. The summed E-state index contributed by atoms with van der Waals surface area (Å²) in [5.74, 6) is 0. The van der Waals surface area contributed by atoms with E-state index >= 15 is 0 Å². The molecule has 18 heavy (non-hydrogen) atoms. The average Bonchev–Trinajstić information content (AvgIpc) is 2.83. The first-order valence-electron chi connectivity index (χ1n) is 5.78. The molecule has 0 aliphatic carbocycles. The number of morpholine rings is 1. The van der Waals surface area contributed by atoms with E-state index in [0.29, 0.717) is 12.1 Å². The lowest BCUT2D eigenvalue weighted by Crippen LogP contribution is -2.47. The predicted octanol–water partition coefficient (Wildman–Crippen LogP) is 1.78. The second-order valence-electron chi connectivity index (χ2n) is 4.51. The van der Waals surface area contributed by atoms with E-state index in [-0.39, 0.29) is 24.8 Å². The summed E-state index contributed by atoms with van der Waals surface area (Å²) >= 11 is 1.79. The summed E-state index contributed by atoms with van der Waals surface area (Å²) in [5.41, 5.74) is 1.16.